The zero-order valence-electron chi connectivity index (χ0n) is 8.48. The number of carbonyl (C=O) groups is 1. The normalized spacial score (nSPS) is 14.8. The number of para-hydroxylation sites is 1. The Morgan fingerprint density at radius 3 is 2.88 bits per heavy atom. The van der Waals surface area contributed by atoms with Gasteiger partial charge in [0.1, 0.15) is 0 Å². The Kier molecular flexibility index (Phi) is 2.96. The van der Waals surface area contributed by atoms with E-state index in [2.05, 4.69) is 10.3 Å². The molecule has 1 aliphatic heterocycles. The Hall–Kier alpha value is -1.75. The van der Waals surface area contributed by atoms with Gasteiger partial charge in [0.15, 0.2) is 5.96 Å². The molecule has 0 bridgehead atoms. The molecule has 0 atom stereocenters. The van der Waals surface area contributed by atoms with Crippen LogP contribution < -0.4 is 11.1 Å². The van der Waals surface area contributed by atoms with E-state index in [1.807, 2.05) is 0 Å². The third-order valence-corrected chi connectivity index (χ3v) is 2.56. The predicted molar refractivity (Wildman–Crippen MR) is 63.7 cm³/mol. The molecule has 1 heterocycles. The Morgan fingerprint density at radius 2 is 2.25 bits per heavy atom. The summed E-state index contributed by atoms with van der Waals surface area (Å²) in [5.74, 6) is 0.240. The van der Waals surface area contributed by atoms with Crippen molar-refractivity contribution in [3.05, 3.63) is 29.3 Å². The second kappa shape index (κ2) is 4.40. The average Bonchev–Trinajstić information content (AvgIpc) is 2.68. The van der Waals surface area contributed by atoms with E-state index in [-0.39, 0.29) is 12.0 Å². The average molecular weight is 239 g/mol. The molecular weight excluding hydrogens is 228 g/mol. The monoisotopic (exact) mass is 238 g/mol. The summed E-state index contributed by atoms with van der Waals surface area (Å²) in [6.45, 7) is 1.05. The van der Waals surface area contributed by atoms with E-state index in [1.165, 1.54) is 4.90 Å². The molecule has 1 aromatic carbocycles. The standard InChI is InChI=1S/C10H11ClN4O/c11-7-3-1-2-4-8(7)14-10(16)15-6-5-13-9(15)12/h1-4H,5-6H2,(H2,12,13)(H,14,16). The summed E-state index contributed by atoms with van der Waals surface area (Å²) in [5, 5.41) is 3.17. The van der Waals surface area contributed by atoms with Gasteiger partial charge in [0.2, 0.25) is 0 Å². The van der Waals surface area contributed by atoms with Gasteiger partial charge in [0, 0.05) is 0 Å². The van der Waals surface area contributed by atoms with Crippen LogP contribution in [0.2, 0.25) is 5.02 Å². The quantitative estimate of drug-likeness (QED) is 0.778. The Balaban J connectivity index is 2.08. The van der Waals surface area contributed by atoms with E-state index in [0.717, 1.165) is 0 Å². The van der Waals surface area contributed by atoms with Gasteiger partial charge >= 0.3 is 6.03 Å². The molecule has 3 N–H and O–H groups in total. The van der Waals surface area contributed by atoms with E-state index in [1.54, 1.807) is 24.3 Å². The minimum absolute atomic E-state index is 0.240. The SMILES string of the molecule is NC1=NCCN1C(=O)Nc1ccccc1Cl. The van der Waals surface area contributed by atoms with Gasteiger partial charge in [-0.3, -0.25) is 9.89 Å². The Bertz CT molecular complexity index is 446. The number of nitrogens with two attached hydrogens (primary N) is 1. The van der Waals surface area contributed by atoms with Gasteiger partial charge in [-0.25, -0.2) is 4.79 Å². The van der Waals surface area contributed by atoms with Crippen LogP contribution >= 0.6 is 11.6 Å². The largest absolute Gasteiger partial charge is 0.369 e. The number of hydrogen-bond donors (Lipinski definition) is 2. The van der Waals surface area contributed by atoms with E-state index < -0.39 is 0 Å². The fourth-order valence-electron chi connectivity index (χ4n) is 1.42. The highest BCUT2D eigenvalue weighted by Crippen LogP contribution is 2.20. The van der Waals surface area contributed by atoms with Crippen molar-refractivity contribution in [3.63, 3.8) is 0 Å². The zero-order chi connectivity index (χ0) is 11.5. The summed E-state index contributed by atoms with van der Waals surface area (Å²) in [6.07, 6.45) is 0. The number of carbonyl (C=O) groups excluding carboxylic acids is 1. The molecule has 6 heteroatoms. The van der Waals surface area contributed by atoms with Crippen LogP contribution in [0.5, 0.6) is 0 Å². The molecule has 5 nitrogen and oxygen atoms in total. The number of halogens is 1. The fourth-order valence-corrected chi connectivity index (χ4v) is 1.60. The van der Waals surface area contributed by atoms with Crippen molar-refractivity contribution < 1.29 is 4.79 Å². The number of benzene rings is 1. The number of guanidine groups is 1. The number of hydrogen-bond acceptors (Lipinski definition) is 3. The second-order valence-electron chi connectivity index (χ2n) is 3.30. The maximum atomic E-state index is 11.8. The van der Waals surface area contributed by atoms with E-state index in [4.69, 9.17) is 17.3 Å². The van der Waals surface area contributed by atoms with Crippen molar-refractivity contribution in [2.75, 3.05) is 18.4 Å². The first kappa shape index (κ1) is 10.8. The van der Waals surface area contributed by atoms with Gasteiger partial charge in [0.25, 0.3) is 0 Å². The molecule has 1 aromatic rings. The van der Waals surface area contributed by atoms with Crippen LogP contribution in [0.4, 0.5) is 10.5 Å². The fraction of sp³-hybridized carbons (Fsp3) is 0.200. The van der Waals surface area contributed by atoms with Crippen molar-refractivity contribution in [3.8, 4) is 0 Å². The number of aliphatic imine (C=N–C) groups is 1. The second-order valence-corrected chi connectivity index (χ2v) is 3.71. The van der Waals surface area contributed by atoms with E-state index >= 15 is 0 Å². The van der Waals surface area contributed by atoms with Gasteiger partial charge in [-0.05, 0) is 12.1 Å². The molecule has 0 saturated carbocycles. The van der Waals surface area contributed by atoms with Gasteiger partial charge in [0.05, 0.1) is 23.8 Å². The molecule has 16 heavy (non-hydrogen) atoms. The molecule has 0 aliphatic carbocycles. The van der Waals surface area contributed by atoms with Crippen molar-refractivity contribution in [1.82, 2.24) is 4.90 Å². The highest BCUT2D eigenvalue weighted by Gasteiger charge is 2.21. The number of anilines is 1. The summed E-state index contributed by atoms with van der Waals surface area (Å²) in [5.41, 5.74) is 6.12. The first-order chi connectivity index (χ1) is 7.68. The highest BCUT2D eigenvalue weighted by atomic mass is 35.5. The smallest absolute Gasteiger partial charge is 0.328 e. The van der Waals surface area contributed by atoms with Crippen LogP contribution in [-0.2, 0) is 0 Å². The lowest BCUT2D eigenvalue weighted by Gasteiger charge is -2.16. The number of amides is 2. The number of urea groups is 1. The summed E-state index contributed by atoms with van der Waals surface area (Å²) in [7, 11) is 0. The highest BCUT2D eigenvalue weighted by molar-refractivity contribution is 6.33. The first-order valence-electron chi connectivity index (χ1n) is 4.81. The lowest BCUT2D eigenvalue weighted by molar-refractivity contribution is 0.236. The number of rotatable bonds is 1. The third kappa shape index (κ3) is 2.09. The Morgan fingerprint density at radius 1 is 1.50 bits per heavy atom. The molecule has 2 rings (SSSR count). The molecule has 0 fully saturated rings. The van der Waals surface area contributed by atoms with Gasteiger partial charge < -0.3 is 11.1 Å². The number of nitrogens with zero attached hydrogens (tertiary/aromatic N) is 2. The lowest BCUT2D eigenvalue weighted by atomic mass is 10.3. The van der Waals surface area contributed by atoms with E-state index in [9.17, 15) is 4.79 Å². The van der Waals surface area contributed by atoms with Crippen LogP contribution in [0.25, 0.3) is 0 Å². The molecule has 0 saturated heterocycles. The van der Waals surface area contributed by atoms with Crippen molar-refractivity contribution in [1.29, 1.82) is 0 Å². The van der Waals surface area contributed by atoms with Crippen molar-refractivity contribution in [2.24, 2.45) is 10.7 Å². The van der Waals surface area contributed by atoms with Crippen molar-refractivity contribution >= 4 is 29.3 Å². The molecular formula is C10H11ClN4O. The molecule has 0 unspecified atom stereocenters. The van der Waals surface area contributed by atoms with Gasteiger partial charge in [-0.2, -0.15) is 0 Å². The van der Waals surface area contributed by atoms with E-state index in [0.29, 0.717) is 23.8 Å². The maximum Gasteiger partial charge on any atom is 0.328 e. The van der Waals surface area contributed by atoms with Crippen LogP contribution in [0, 0.1) is 0 Å². The molecule has 0 radical (unpaired) electrons. The van der Waals surface area contributed by atoms with Crippen LogP contribution in [0.3, 0.4) is 0 Å². The summed E-state index contributed by atoms with van der Waals surface area (Å²) in [6, 6.07) is 6.71. The topological polar surface area (TPSA) is 70.7 Å². The summed E-state index contributed by atoms with van der Waals surface area (Å²) < 4.78 is 0. The minimum atomic E-state index is -0.313. The van der Waals surface area contributed by atoms with Crippen LogP contribution in [0.1, 0.15) is 0 Å². The van der Waals surface area contributed by atoms with Crippen LogP contribution in [0.15, 0.2) is 29.3 Å². The molecule has 84 valence electrons. The third-order valence-electron chi connectivity index (χ3n) is 2.23. The molecule has 1 aliphatic rings. The lowest BCUT2D eigenvalue weighted by Crippen LogP contribution is -2.41. The number of nitrogens with one attached hydrogen (secondary N) is 1. The molecule has 2 amide bonds. The van der Waals surface area contributed by atoms with Crippen molar-refractivity contribution in [2.45, 2.75) is 0 Å². The van der Waals surface area contributed by atoms with Gasteiger partial charge in [-0.1, -0.05) is 23.7 Å². The van der Waals surface area contributed by atoms with Crippen LogP contribution in [-0.4, -0.2) is 30.0 Å². The van der Waals surface area contributed by atoms with Gasteiger partial charge in [-0.15, -0.1) is 0 Å². The first-order valence-corrected chi connectivity index (χ1v) is 5.19. The predicted octanol–water partition coefficient (Wildman–Crippen LogP) is 1.50. The Labute approximate surface area is 97.9 Å². The zero-order valence-corrected chi connectivity index (χ0v) is 9.24. The summed E-state index contributed by atoms with van der Waals surface area (Å²) in [4.78, 5) is 17.1. The molecule has 0 aromatic heterocycles. The maximum absolute atomic E-state index is 11.8. The minimum Gasteiger partial charge on any atom is -0.369 e. The summed E-state index contributed by atoms with van der Waals surface area (Å²) >= 11 is 5.92. The molecule has 0 spiro atoms.